The first-order valence-electron chi connectivity index (χ1n) is 9.38. The average Bonchev–Trinajstić information content (AvgIpc) is 3.52. The summed E-state index contributed by atoms with van der Waals surface area (Å²) < 4.78 is 10.9. The van der Waals surface area contributed by atoms with E-state index < -0.39 is 0 Å². The highest BCUT2D eigenvalue weighted by Crippen LogP contribution is 2.61. The highest BCUT2D eigenvalue weighted by molar-refractivity contribution is 14.0. The number of nitrogens with zero attached hydrogens (tertiary/aromatic N) is 1. The van der Waals surface area contributed by atoms with Gasteiger partial charge in [0, 0.05) is 18.7 Å². The van der Waals surface area contributed by atoms with Gasteiger partial charge in [-0.15, -0.1) is 24.0 Å². The summed E-state index contributed by atoms with van der Waals surface area (Å²) in [7, 11) is 3.38. The lowest BCUT2D eigenvalue weighted by molar-refractivity contribution is 0.394. The molecule has 146 valence electrons. The Kier molecular flexibility index (Phi) is 7.43. The normalized spacial score (nSPS) is 19.2. The van der Waals surface area contributed by atoms with Crippen LogP contribution in [0.5, 0.6) is 11.5 Å². The van der Waals surface area contributed by atoms with Crippen LogP contribution in [0.3, 0.4) is 0 Å². The number of ether oxygens (including phenoxy) is 2. The van der Waals surface area contributed by atoms with E-state index in [1.165, 1.54) is 25.7 Å². The first kappa shape index (κ1) is 21.1. The van der Waals surface area contributed by atoms with Crippen LogP contribution in [0.25, 0.3) is 0 Å². The molecule has 0 saturated heterocycles. The number of guanidine groups is 1. The zero-order valence-electron chi connectivity index (χ0n) is 16.3. The van der Waals surface area contributed by atoms with E-state index in [0.717, 1.165) is 42.0 Å². The van der Waals surface area contributed by atoms with E-state index in [9.17, 15) is 0 Å². The van der Waals surface area contributed by atoms with Gasteiger partial charge in [-0.25, -0.2) is 0 Å². The molecule has 0 aliphatic heterocycles. The molecule has 1 atom stereocenters. The summed E-state index contributed by atoms with van der Waals surface area (Å²) in [6.45, 7) is 6.01. The molecule has 3 rings (SSSR count). The second-order valence-corrected chi connectivity index (χ2v) is 7.31. The van der Waals surface area contributed by atoms with E-state index in [-0.39, 0.29) is 30.0 Å². The predicted molar refractivity (Wildman–Crippen MR) is 117 cm³/mol. The van der Waals surface area contributed by atoms with Crippen molar-refractivity contribution < 1.29 is 9.47 Å². The van der Waals surface area contributed by atoms with Crippen LogP contribution in [0.2, 0.25) is 0 Å². The van der Waals surface area contributed by atoms with Crippen LogP contribution in [0.15, 0.2) is 23.2 Å². The maximum Gasteiger partial charge on any atom is 0.191 e. The number of hydrogen-bond donors (Lipinski definition) is 2. The van der Waals surface area contributed by atoms with Gasteiger partial charge >= 0.3 is 0 Å². The minimum Gasteiger partial charge on any atom is -0.497 e. The van der Waals surface area contributed by atoms with Crippen LogP contribution in [-0.4, -0.2) is 33.3 Å². The van der Waals surface area contributed by atoms with E-state index in [4.69, 9.17) is 14.5 Å². The van der Waals surface area contributed by atoms with Crippen LogP contribution in [0, 0.1) is 11.3 Å². The van der Waals surface area contributed by atoms with Crippen molar-refractivity contribution in [3.63, 3.8) is 0 Å². The van der Waals surface area contributed by atoms with Crippen molar-refractivity contribution in [1.82, 2.24) is 10.6 Å². The van der Waals surface area contributed by atoms with E-state index in [2.05, 4.69) is 24.5 Å². The Hall–Kier alpha value is -1.18. The van der Waals surface area contributed by atoms with Gasteiger partial charge in [-0.1, -0.05) is 0 Å². The fourth-order valence-corrected chi connectivity index (χ4v) is 3.57. The maximum absolute atomic E-state index is 5.52. The van der Waals surface area contributed by atoms with Crippen molar-refractivity contribution in [1.29, 1.82) is 0 Å². The number of hydrogen-bond acceptors (Lipinski definition) is 3. The first-order valence-corrected chi connectivity index (χ1v) is 9.38. The molecular formula is C20H32IN3O2. The van der Waals surface area contributed by atoms with Crippen molar-refractivity contribution in [3.05, 3.63) is 23.8 Å². The Bertz CT molecular complexity index is 627. The zero-order valence-corrected chi connectivity index (χ0v) is 18.6. The summed E-state index contributed by atoms with van der Waals surface area (Å²) in [6.07, 6.45) is 5.49. The fraction of sp³-hybridized carbons (Fsp3) is 0.650. The Labute approximate surface area is 174 Å². The third-order valence-electron chi connectivity index (χ3n) is 5.49. The maximum atomic E-state index is 5.52. The SMILES string of the molecule is CCNC(=NCC1(C2CC2)CC1)NC(C)c1cc(OC)ccc1OC.I. The number of benzene rings is 1. The predicted octanol–water partition coefficient (Wildman–Crippen LogP) is 4.13. The third kappa shape index (κ3) is 4.96. The molecule has 2 aliphatic carbocycles. The van der Waals surface area contributed by atoms with E-state index >= 15 is 0 Å². The van der Waals surface area contributed by atoms with Gasteiger partial charge in [0.25, 0.3) is 0 Å². The molecule has 0 bridgehead atoms. The van der Waals surface area contributed by atoms with Crippen molar-refractivity contribution in [2.24, 2.45) is 16.3 Å². The Morgan fingerprint density at radius 1 is 1.27 bits per heavy atom. The highest BCUT2D eigenvalue weighted by atomic mass is 127. The Morgan fingerprint density at radius 3 is 2.54 bits per heavy atom. The molecule has 6 heteroatoms. The lowest BCUT2D eigenvalue weighted by Crippen LogP contribution is -2.39. The molecular weight excluding hydrogens is 441 g/mol. The zero-order chi connectivity index (χ0) is 17.9. The van der Waals surface area contributed by atoms with Gasteiger partial charge in [0.1, 0.15) is 11.5 Å². The van der Waals surface area contributed by atoms with E-state index in [0.29, 0.717) is 5.41 Å². The quantitative estimate of drug-likeness (QED) is 0.339. The van der Waals surface area contributed by atoms with Crippen LogP contribution in [-0.2, 0) is 0 Å². The van der Waals surface area contributed by atoms with Crippen molar-refractivity contribution in [3.8, 4) is 11.5 Å². The molecule has 0 aromatic heterocycles. The molecule has 2 aliphatic rings. The Morgan fingerprint density at radius 2 is 2.00 bits per heavy atom. The van der Waals surface area contributed by atoms with E-state index in [1.54, 1.807) is 14.2 Å². The molecule has 2 N–H and O–H groups in total. The van der Waals surface area contributed by atoms with Crippen LogP contribution in [0.1, 0.15) is 51.1 Å². The molecule has 1 aromatic rings. The van der Waals surface area contributed by atoms with Crippen molar-refractivity contribution >= 4 is 29.9 Å². The second-order valence-electron chi connectivity index (χ2n) is 7.31. The molecule has 1 aromatic carbocycles. The number of halogens is 1. The molecule has 1 unspecified atom stereocenters. The van der Waals surface area contributed by atoms with Crippen LogP contribution in [0.4, 0.5) is 0 Å². The first-order chi connectivity index (χ1) is 12.1. The molecule has 0 spiro atoms. The number of aliphatic imine (C=N–C) groups is 1. The van der Waals surface area contributed by atoms with Gasteiger partial charge in [0.05, 0.1) is 20.3 Å². The number of methoxy groups -OCH3 is 2. The van der Waals surface area contributed by atoms with E-state index in [1.807, 2.05) is 18.2 Å². The van der Waals surface area contributed by atoms with Gasteiger partial charge in [0.2, 0.25) is 0 Å². The molecule has 2 fully saturated rings. The minimum atomic E-state index is 0. The summed E-state index contributed by atoms with van der Waals surface area (Å²) in [5, 5.41) is 6.90. The topological polar surface area (TPSA) is 54.9 Å². The smallest absolute Gasteiger partial charge is 0.191 e. The average molecular weight is 473 g/mol. The van der Waals surface area contributed by atoms with Gasteiger partial charge < -0.3 is 20.1 Å². The largest absolute Gasteiger partial charge is 0.497 e. The van der Waals surface area contributed by atoms with Gasteiger partial charge in [0.15, 0.2) is 5.96 Å². The lowest BCUT2D eigenvalue weighted by atomic mass is 10.0. The Balaban J connectivity index is 0.00000243. The lowest BCUT2D eigenvalue weighted by Gasteiger charge is -2.21. The van der Waals surface area contributed by atoms with Crippen molar-refractivity contribution in [2.75, 3.05) is 27.3 Å². The van der Waals surface area contributed by atoms with Gasteiger partial charge in [-0.05, 0) is 69.1 Å². The molecule has 2 saturated carbocycles. The van der Waals surface area contributed by atoms with Gasteiger partial charge in [-0.2, -0.15) is 0 Å². The highest BCUT2D eigenvalue weighted by Gasteiger charge is 2.53. The summed E-state index contributed by atoms with van der Waals surface area (Å²) in [6, 6.07) is 5.95. The monoisotopic (exact) mass is 473 g/mol. The molecule has 0 radical (unpaired) electrons. The summed E-state index contributed by atoms with van der Waals surface area (Å²) in [5.41, 5.74) is 1.58. The van der Waals surface area contributed by atoms with Crippen LogP contribution < -0.4 is 20.1 Å². The third-order valence-corrected chi connectivity index (χ3v) is 5.49. The van der Waals surface area contributed by atoms with Crippen molar-refractivity contribution in [2.45, 2.75) is 45.6 Å². The summed E-state index contributed by atoms with van der Waals surface area (Å²) in [4.78, 5) is 4.89. The second kappa shape index (κ2) is 9.15. The molecule has 0 amide bonds. The summed E-state index contributed by atoms with van der Waals surface area (Å²) in [5.74, 6) is 3.49. The minimum absolute atomic E-state index is 0. The molecule has 26 heavy (non-hydrogen) atoms. The van der Waals surface area contributed by atoms with Gasteiger partial charge in [-0.3, -0.25) is 4.99 Å². The summed E-state index contributed by atoms with van der Waals surface area (Å²) >= 11 is 0. The fourth-order valence-electron chi connectivity index (χ4n) is 3.57. The molecule has 0 heterocycles. The number of nitrogens with one attached hydrogen (secondary N) is 2. The van der Waals surface area contributed by atoms with Crippen LogP contribution >= 0.6 is 24.0 Å². The number of rotatable bonds is 8. The standard InChI is InChI=1S/C20H31N3O2.HI/c1-5-21-19(22-13-20(10-11-20)15-6-7-15)23-14(2)17-12-16(24-3)8-9-18(17)25-4;/h8-9,12,14-15H,5-7,10-11,13H2,1-4H3,(H2,21,22,23);1H. The molecule has 5 nitrogen and oxygen atoms in total.